The molecule has 0 unspecified atom stereocenters. The molecule has 0 aliphatic rings. The highest BCUT2D eigenvalue weighted by Crippen LogP contribution is 2.16. The molecule has 0 aromatic heterocycles. The first kappa shape index (κ1) is 15.0. The summed E-state index contributed by atoms with van der Waals surface area (Å²) in [6, 6.07) is 8.79. The van der Waals surface area contributed by atoms with Gasteiger partial charge in [-0.3, -0.25) is 4.79 Å². The van der Waals surface area contributed by atoms with Gasteiger partial charge in [-0.2, -0.15) is 5.26 Å². The smallest absolute Gasteiger partial charge is 0.260 e. The lowest BCUT2D eigenvalue weighted by Gasteiger charge is -2.21. The number of hydrogen-bond donors (Lipinski definition) is 1. The zero-order valence-corrected chi connectivity index (χ0v) is 11.0. The van der Waals surface area contributed by atoms with Crippen LogP contribution >= 0.6 is 0 Å². The molecule has 1 N–H and O–H groups in total. The van der Waals surface area contributed by atoms with E-state index in [9.17, 15) is 4.79 Å². The highest BCUT2D eigenvalue weighted by molar-refractivity contribution is 5.77. The van der Waals surface area contributed by atoms with E-state index in [1.165, 1.54) is 0 Å². The number of aliphatic hydroxyl groups excluding tert-OH is 1. The number of nitrogens with zero attached hydrogens (tertiary/aromatic N) is 2. The van der Waals surface area contributed by atoms with E-state index in [1.54, 1.807) is 29.2 Å². The van der Waals surface area contributed by atoms with Crippen molar-refractivity contribution in [3.63, 3.8) is 0 Å². The first-order valence-electron chi connectivity index (χ1n) is 6.23. The SMILES string of the molecule is CCCN(CCO)C(=O)COc1ccccc1C#N. The van der Waals surface area contributed by atoms with Crippen molar-refractivity contribution in [2.24, 2.45) is 0 Å². The maximum absolute atomic E-state index is 11.9. The average Bonchev–Trinajstić information content (AvgIpc) is 2.44. The van der Waals surface area contributed by atoms with Gasteiger partial charge in [-0.1, -0.05) is 19.1 Å². The van der Waals surface area contributed by atoms with E-state index in [4.69, 9.17) is 15.1 Å². The zero-order valence-electron chi connectivity index (χ0n) is 11.0. The van der Waals surface area contributed by atoms with Crippen molar-refractivity contribution >= 4 is 5.91 Å². The van der Waals surface area contributed by atoms with E-state index in [-0.39, 0.29) is 19.1 Å². The third-order valence-corrected chi connectivity index (χ3v) is 2.57. The molecule has 1 aromatic carbocycles. The Hall–Kier alpha value is -2.06. The number of hydrogen-bond acceptors (Lipinski definition) is 4. The summed E-state index contributed by atoms with van der Waals surface area (Å²) in [5, 5.41) is 17.8. The quantitative estimate of drug-likeness (QED) is 0.800. The second kappa shape index (κ2) is 8.11. The number of nitriles is 1. The molecular formula is C14H18N2O3. The van der Waals surface area contributed by atoms with Crippen LogP contribution in [-0.2, 0) is 4.79 Å². The van der Waals surface area contributed by atoms with Crippen LogP contribution in [0.4, 0.5) is 0 Å². The summed E-state index contributed by atoms with van der Waals surface area (Å²) in [7, 11) is 0. The minimum Gasteiger partial charge on any atom is -0.482 e. The molecule has 0 fully saturated rings. The van der Waals surface area contributed by atoms with Gasteiger partial charge >= 0.3 is 0 Å². The van der Waals surface area contributed by atoms with Gasteiger partial charge in [-0.15, -0.1) is 0 Å². The number of amides is 1. The molecule has 0 aliphatic carbocycles. The van der Waals surface area contributed by atoms with Crippen LogP contribution in [0.2, 0.25) is 0 Å². The normalized spacial score (nSPS) is 9.74. The summed E-state index contributed by atoms with van der Waals surface area (Å²) in [6.45, 7) is 2.65. The van der Waals surface area contributed by atoms with Crippen molar-refractivity contribution in [1.82, 2.24) is 4.90 Å². The molecule has 0 atom stereocenters. The van der Waals surface area contributed by atoms with E-state index in [0.717, 1.165) is 6.42 Å². The van der Waals surface area contributed by atoms with Crippen molar-refractivity contribution in [3.8, 4) is 11.8 Å². The number of carbonyl (C=O) groups excluding carboxylic acids is 1. The van der Waals surface area contributed by atoms with E-state index < -0.39 is 0 Å². The fourth-order valence-corrected chi connectivity index (χ4v) is 1.67. The highest BCUT2D eigenvalue weighted by Gasteiger charge is 2.13. The Kier molecular flexibility index (Phi) is 6.41. The van der Waals surface area contributed by atoms with E-state index in [1.807, 2.05) is 13.0 Å². The van der Waals surface area contributed by atoms with Gasteiger partial charge < -0.3 is 14.7 Å². The number of ether oxygens (including phenoxy) is 1. The first-order valence-corrected chi connectivity index (χ1v) is 6.23. The Morgan fingerprint density at radius 1 is 1.42 bits per heavy atom. The molecule has 5 heteroatoms. The molecule has 0 bridgehead atoms. The van der Waals surface area contributed by atoms with Crippen LogP contribution < -0.4 is 4.74 Å². The lowest BCUT2D eigenvalue weighted by Crippen LogP contribution is -2.37. The van der Waals surface area contributed by atoms with Crippen molar-refractivity contribution in [3.05, 3.63) is 29.8 Å². The maximum atomic E-state index is 11.9. The molecule has 0 saturated heterocycles. The topological polar surface area (TPSA) is 73.6 Å². The van der Waals surface area contributed by atoms with Gasteiger partial charge in [-0.25, -0.2) is 0 Å². The summed E-state index contributed by atoms with van der Waals surface area (Å²) in [4.78, 5) is 13.5. The zero-order chi connectivity index (χ0) is 14.1. The van der Waals surface area contributed by atoms with Gasteiger partial charge in [0.05, 0.1) is 12.2 Å². The van der Waals surface area contributed by atoms with Crippen molar-refractivity contribution in [2.45, 2.75) is 13.3 Å². The van der Waals surface area contributed by atoms with Crippen molar-refractivity contribution in [1.29, 1.82) is 5.26 Å². The first-order chi connectivity index (χ1) is 9.22. The van der Waals surface area contributed by atoms with Gasteiger partial charge in [0.15, 0.2) is 6.61 Å². The maximum Gasteiger partial charge on any atom is 0.260 e. The molecular weight excluding hydrogens is 244 g/mol. The van der Waals surface area contributed by atoms with Crippen LogP contribution in [0.25, 0.3) is 0 Å². The largest absolute Gasteiger partial charge is 0.482 e. The summed E-state index contributed by atoms with van der Waals surface area (Å²) >= 11 is 0. The molecule has 0 radical (unpaired) electrons. The molecule has 1 aromatic rings. The predicted molar refractivity (Wildman–Crippen MR) is 70.6 cm³/mol. The molecule has 102 valence electrons. The van der Waals surface area contributed by atoms with E-state index in [2.05, 4.69) is 0 Å². The standard InChI is InChI=1S/C14H18N2O3/c1-2-7-16(8-9-17)14(18)11-19-13-6-4-3-5-12(13)10-15/h3-6,17H,2,7-9,11H2,1H3. The molecule has 19 heavy (non-hydrogen) atoms. The fraction of sp³-hybridized carbons (Fsp3) is 0.429. The number of aliphatic hydroxyl groups is 1. The predicted octanol–water partition coefficient (Wildman–Crippen LogP) is 1.17. The number of rotatable bonds is 7. The molecule has 0 heterocycles. The van der Waals surface area contributed by atoms with E-state index >= 15 is 0 Å². The second-order valence-electron chi connectivity index (χ2n) is 4.00. The van der Waals surface area contributed by atoms with Crippen LogP contribution in [0.15, 0.2) is 24.3 Å². The molecule has 1 amide bonds. The Balaban J connectivity index is 2.60. The Labute approximate surface area is 113 Å². The van der Waals surface area contributed by atoms with Crippen LogP contribution in [0.1, 0.15) is 18.9 Å². The molecule has 0 saturated carbocycles. The third kappa shape index (κ3) is 4.60. The molecule has 5 nitrogen and oxygen atoms in total. The van der Waals surface area contributed by atoms with Crippen LogP contribution in [0.5, 0.6) is 5.75 Å². The summed E-state index contributed by atoms with van der Waals surface area (Å²) in [5.74, 6) is 0.211. The minimum atomic E-state index is -0.191. The van der Waals surface area contributed by atoms with Crippen molar-refractivity contribution in [2.75, 3.05) is 26.3 Å². The van der Waals surface area contributed by atoms with Crippen LogP contribution in [-0.4, -0.2) is 42.2 Å². The van der Waals surface area contributed by atoms with Crippen LogP contribution in [0.3, 0.4) is 0 Å². The van der Waals surface area contributed by atoms with Gasteiger partial charge in [0.25, 0.3) is 5.91 Å². The monoisotopic (exact) mass is 262 g/mol. The second-order valence-corrected chi connectivity index (χ2v) is 4.00. The van der Waals surface area contributed by atoms with Gasteiger partial charge in [0, 0.05) is 13.1 Å². The summed E-state index contributed by atoms with van der Waals surface area (Å²) < 4.78 is 5.37. The lowest BCUT2D eigenvalue weighted by atomic mass is 10.2. The summed E-state index contributed by atoms with van der Waals surface area (Å²) in [5.41, 5.74) is 0.402. The molecule has 0 spiro atoms. The third-order valence-electron chi connectivity index (χ3n) is 2.57. The Morgan fingerprint density at radius 2 is 2.16 bits per heavy atom. The molecule has 1 rings (SSSR count). The number of carbonyl (C=O) groups is 1. The van der Waals surface area contributed by atoms with Gasteiger partial charge in [0.2, 0.25) is 0 Å². The minimum absolute atomic E-state index is 0.0689. The van der Waals surface area contributed by atoms with Gasteiger partial charge in [-0.05, 0) is 18.6 Å². The van der Waals surface area contributed by atoms with Crippen LogP contribution in [0, 0.1) is 11.3 Å². The highest BCUT2D eigenvalue weighted by atomic mass is 16.5. The number of para-hydroxylation sites is 1. The van der Waals surface area contributed by atoms with E-state index in [0.29, 0.717) is 24.4 Å². The molecule has 0 aliphatic heterocycles. The van der Waals surface area contributed by atoms with Gasteiger partial charge in [0.1, 0.15) is 11.8 Å². The fourth-order valence-electron chi connectivity index (χ4n) is 1.67. The lowest BCUT2D eigenvalue weighted by molar-refractivity contribution is -0.133. The average molecular weight is 262 g/mol. The Bertz CT molecular complexity index is 448. The summed E-state index contributed by atoms with van der Waals surface area (Å²) in [6.07, 6.45) is 0.820. The Morgan fingerprint density at radius 3 is 2.79 bits per heavy atom. The number of benzene rings is 1. The van der Waals surface area contributed by atoms with Crippen molar-refractivity contribution < 1.29 is 14.6 Å².